The Labute approximate surface area is 319 Å². The van der Waals surface area contributed by atoms with E-state index in [1.807, 2.05) is 6.20 Å². The second-order valence-corrected chi connectivity index (χ2v) is 14.7. The fraction of sp³-hybridized carbons (Fsp3) is 0.714. The van der Waals surface area contributed by atoms with Gasteiger partial charge < -0.3 is 30.0 Å². The Hall–Kier alpha value is -3.60. The van der Waals surface area contributed by atoms with E-state index in [4.69, 9.17) is 14.6 Å². The van der Waals surface area contributed by atoms with Crippen molar-refractivity contribution in [3.05, 3.63) is 39.9 Å². The SMILES string of the molecule is CCCCCCCCCCCCCCCCCC(=O)NCCCCN(C)Cc1cc(OC)c(Cn2cc3[nH]c(=O)nc(NCCCC)c3n2)c(OC)c1. The second kappa shape index (κ2) is 26.2. The van der Waals surface area contributed by atoms with Crippen LogP contribution in [0.4, 0.5) is 5.82 Å². The van der Waals surface area contributed by atoms with E-state index in [1.54, 1.807) is 18.9 Å². The lowest BCUT2D eigenvalue weighted by atomic mass is 10.0. The van der Waals surface area contributed by atoms with Crippen molar-refractivity contribution in [1.29, 1.82) is 0 Å². The first-order chi connectivity index (χ1) is 25.9. The highest BCUT2D eigenvalue weighted by molar-refractivity contribution is 5.84. The average Bonchev–Trinajstić information content (AvgIpc) is 3.55. The number of ether oxygens (including phenoxy) is 2. The van der Waals surface area contributed by atoms with Gasteiger partial charge in [0, 0.05) is 32.3 Å². The quantitative estimate of drug-likeness (QED) is 0.0559. The number of aromatic amines is 1. The van der Waals surface area contributed by atoms with E-state index in [2.05, 4.69) is 58.5 Å². The van der Waals surface area contributed by atoms with Crippen LogP contribution in [0.15, 0.2) is 23.1 Å². The van der Waals surface area contributed by atoms with Crippen molar-refractivity contribution in [3.63, 3.8) is 0 Å². The molecule has 3 N–H and O–H groups in total. The Morgan fingerprint density at radius 1 is 0.792 bits per heavy atom. The molecule has 1 amide bonds. The first-order valence-electron chi connectivity index (χ1n) is 20.8. The Morgan fingerprint density at radius 3 is 1.96 bits per heavy atom. The molecule has 2 aromatic heterocycles. The predicted octanol–water partition coefficient (Wildman–Crippen LogP) is 8.99. The highest BCUT2D eigenvalue weighted by atomic mass is 16.5. The summed E-state index contributed by atoms with van der Waals surface area (Å²) >= 11 is 0. The molecule has 2 heterocycles. The zero-order valence-corrected chi connectivity index (χ0v) is 33.8. The fourth-order valence-corrected chi connectivity index (χ4v) is 6.89. The maximum Gasteiger partial charge on any atom is 0.347 e. The number of benzene rings is 1. The van der Waals surface area contributed by atoms with Crippen LogP contribution in [0.5, 0.6) is 11.5 Å². The topological polar surface area (TPSA) is 126 Å². The van der Waals surface area contributed by atoms with Crippen molar-refractivity contribution in [2.24, 2.45) is 0 Å². The van der Waals surface area contributed by atoms with Crippen LogP contribution in [-0.2, 0) is 17.9 Å². The zero-order chi connectivity index (χ0) is 38.1. The maximum absolute atomic E-state index is 12.3. The van der Waals surface area contributed by atoms with Crippen LogP contribution in [0.25, 0.3) is 11.0 Å². The number of H-pyrrole nitrogens is 1. The molecule has 0 saturated carbocycles. The first kappa shape index (κ1) is 43.8. The molecule has 0 bridgehead atoms. The first-order valence-corrected chi connectivity index (χ1v) is 20.8. The normalized spacial score (nSPS) is 11.4. The molecule has 3 rings (SSSR count). The van der Waals surface area contributed by atoms with Crippen molar-refractivity contribution in [2.45, 2.75) is 155 Å². The van der Waals surface area contributed by atoms with Crippen LogP contribution in [0, 0.1) is 0 Å². The van der Waals surface area contributed by atoms with Gasteiger partial charge in [0.1, 0.15) is 11.5 Å². The van der Waals surface area contributed by atoms with Crippen LogP contribution in [0.2, 0.25) is 0 Å². The van der Waals surface area contributed by atoms with E-state index < -0.39 is 5.69 Å². The highest BCUT2D eigenvalue weighted by Gasteiger charge is 2.17. The maximum atomic E-state index is 12.3. The van der Waals surface area contributed by atoms with Crippen molar-refractivity contribution in [1.82, 2.24) is 30.0 Å². The van der Waals surface area contributed by atoms with Gasteiger partial charge in [0.25, 0.3) is 0 Å². The molecule has 0 aliphatic carbocycles. The van der Waals surface area contributed by atoms with Gasteiger partial charge in [-0.1, -0.05) is 110 Å². The third-order valence-electron chi connectivity index (χ3n) is 10.0. The summed E-state index contributed by atoms with van der Waals surface area (Å²) in [7, 11) is 5.44. The van der Waals surface area contributed by atoms with Gasteiger partial charge in [0.05, 0.1) is 31.8 Å². The monoisotopic (exact) mass is 738 g/mol. The Balaban J connectivity index is 1.31. The van der Waals surface area contributed by atoms with Crippen molar-refractivity contribution in [2.75, 3.05) is 46.2 Å². The number of aromatic nitrogens is 4. The van der Waals surface area contributed by atoms with Crippen molar-refractivity contribution in [3.8, 4) is 11.5 Å². The summed E-state index contributed by atoms with van der Waals surface area (Å²) < 4.78 is 13.4. The number of methoxy groups -OCH3 is 2. The smallest absolute Gasteiger partial charge is 0.347 e. The van der Waals surface area contributed by atoms with E-state index in [9.17, 15) is 9.59 Å². The molecule has 0 aliphatic rings. The third kappa shape index (κ3) is 17.0. The number of carbonyl (C=O) groups excluding carboxylic acids is 1. The number of unbranched alkanes of at least 4 members (excludes halogenated alkanes) is 16. The summed E-state index contributed by atoms with van der Waals surface area (Å²) in [5.41, 5.74) is 2.79. The molecule has 0 atom stereocenters. The number of carbonyl (C=O) groups is 1. The van der Waals surface area contributed by atoms with Gasteiger partial charge >= 0.3 is 5.69 Å². The van der Waals surface area contributed by atoms with Gasteiger partial charge in [-0.15, -0.1) is 0 Å². The molecule has 1 aromatic carbocycles. The van der Waals surface area contributed by atoms with E-state index in [1.165, 1.54) is 83.5 Å². The van der Waals surface area contributed by atoms with Crippen LogP contribution in [0.3, 0.4) is 0 Å². The minimum Gasteiger partial charge on any atom is -0.496 e. The molecule has 3 aromatic rings. The van der Waals surface area contributed by atoms with Crippen LogP contribution >= 0.6 is 0 Å². The van der Waals surface area contributed by atoms with Gasteiger partial charge in [-0.3, -0.25) is 9.48 Å². The van der Waals surface area contributed by atoms with Gasteiger partial charge in [0.15, 0.2) is 11.3 Å². The zero-order valence-electron chi connectivity index (χ0n) is 33.8. The van der Waals surface area contributed by atoms with Gasteiger partial charge in [-0.25, -0.2) is 4.79 Å². The predicted molar refractivity (Wildman–Crippen MR) is 218 cm³/mol. The summed E-state index contributed by atoms with van der Waals surface area (Å²) in [5, 5.41) is 11.1. The Kier molecular flexibility index (Phi) is 21.7. The van der Waals surface area contributed by atoms with Gasteiger partial charge in [0.2, 0.25) is 5.91 Å². The number of hydrogen-bond donors (Lipinski definition) is 3. The van der Waals surface area contributed by atoms with E-state index in [0.29, 0.717) is 29.8 Å². The average molecular weight is 738 g/mol. The molecule has 53 heavy (non-hydrogen) atoms. The lowest BCUT2D eigenvalue weighted by Gasteiger charge is -2.20. The molecule has 0 unspecified atom stereocenters. The number of hydrogen-bond acceptors (Lipinski definition) is 8. The second-order valence-electron chi connectivity index (χ2n) is 14.7. The van der Waals surface area contributed by atoms with E-state index in [0.717, 1.165) is 87.3 Å². The summed E-state index contributed by atoms with van der Waals surface area (Å²) in [6.45, 7) is 7.91. The summed E-state index contributed by atoms with van der Waals surface area (Å²) in [4.78, 5) is 33.7. The minimum absolute atomic E-state index is 0.185. The molecule has 0 aliphatic heterocycles. The van der Waals surface area contributed by atoms with Crippen molar-refractivity contribution >= 4 is 22.8 Å². The summed E-state index contributed by atoms with van der Waals surface area (Å²) in [6.07, 6.45) is 26.5. The van der Waals surface area contributed by atoms with Crippen molar-refractivity contribution < 1.29 is 14.3 Å². The summed E-state index contributed by atoms with van der Waals surface area (Å²) in [6, 6.07) is 4.11. The largest absolute Gasteiger partial charge is 0.496 e. The lowest BCUT2D eigenvalue weighted by Crippen LogP contribution is -2.25. The number of fused-ring (bicyclic) bond motifs is 1. The molecule has 298 valence electrons. The third-order valence-corrected chi connectivity index (χ3v) is 10.0. The molecule has 0 radical (unpaired) electrons. The number of rotatable bonds is 31. The van der Waals surface area contributed by atoms with Gasteiger partial charge in [-0.2, -0.15) is 10.1 Å². The number of nitrogens with zero attached hydrogens (tertiary/aromatic N) is 4. The van der Waals surface area contributed by atoms with E-state index in [-0.39, 0.29) is 5.91 Å². The number of nitrogens with one attached hydrogen (secondary N) is 3. The summed E-state index contributed by atoms with van der Waals surface area (Å²) in [5.74, 6) is 2.12. The molecule has 11 heteroatoms. The fourth-order valence-electron chi connectivity index (χ4n) is 6.89. The Morgan fingerprint density at radius 2 is 1.38 bits per heavy atom. The van der Waals surface area contributed by atoms with Gasteiger partial charge in [-0.05, 0) is 57.0 Å². The lowest BCUT2D eigenvalue weighted by molar-refractivity contribution is -0.121. The standard InChI is InChI=1S/C42H71N7O4/c1-6-8-10-11-12-13-14-15-16-17-18-19-20-21-22-25-39(50)43-27-23-24-28-48(3)31-34-29-37(52-4)35(38(30-34)53-5)32-49-33-36-40(47-49)41(44-26-9-7-2)46-42(51)45-36/h29-30,33H,6-28,31-32H2,1-5H3,(H,43,50)(H2,44,45,46,51). The molecular formula is C42H71N7O4. The molecule has 0 spiro atoms. The number of amides is 1. The molecular weight excluding hydrogens is 667 g/mol. The van der Waals surface area contributed by atoms with Crippen LogP contribution in [0.1, 0.15) is 153 Å². The Bertz CT molecular complexity index is 1480. The van der Waals surface area contributed by atoms with Crippen LogP contribution < -0.4 is 25.8 Å². The number of anilines is 1. The molecule has 0 saturated heterocycles. The van der Waals surface area contributed by atoms with Crippen LogP contribution in [-0.4, -0.2) is 71.5 Å². The minimum atomic E-state index is -0.407. The highest BCUT2D eigenvalue weighted by Crippen LogP contribution is 2.32. The molecule has 11 nitrogen and oxygen atoms in total. The molecule has 0 fully saturated rings. The van der Waals surface area contributed by atoms with E-state index >= 15 is 0 Å².